The molecule has 1 unspecified atom stereocenters. The van der Waals surface area contributed by atoms with Gasteiger partial charge in [0.15, 0.2) is 0 Å². The first-order valence-corrected chi connectivity index (χ1v) is 6.38. The van der Waals surface area contributed by atoms with Crippen molar-refractivity contribution in [3.8, 4) is 5.75 Å². The molecule has 0 aliphatic heterocycles. The van der Waals surface area contributed by atoms with E-state index < -0.39 is 0 Å². The number of hydrogen-bond donors (Lipinski definition) is 1. The lowest BCUT2D eigenvalue weighted by atomic mass is 9.91. The van der Waals surface area contributed by atoms with E-state index in [1.54, 1.807) is 6.07 Å². The van der Waals surface area contributed by atoms with Crippen LogP contribution in [0.2, 0.25) is 0 Å². The topological polar surface area (TPSA) is 33.1 Å². The molecular formula is C17H15NO. The van der Waals surface area contributed by atoms with E-state index in [9.17, 15) is 5.11 Å². The highest BCUT2D eigenvalue weighted by atomic mass is 16.3. The second-order valence-corrected chi connectivity index (χ2v) is 4.73. The molecule has 0 saturated heterocycles. The molecule has 2 nitrogen and oxygen atoms in total. The molecule has 1 aromatic heterocycles. The molecule has 0 bridgehead atoms. The molecule has 94 valence electrons. The van der Waals surface area contributed by atoms with Crippen LogP contribution < -0.4 is 0 Å². The van der Waals surface area contributed by atoms with E-state index in [0.717, 1.165) is 11.1 Å². The fourth-order valence-corrected chi connectivity index (χ4v) is 2.47. The molecule has 3 aromatic rings. The number of aromatic nitrogens is 1. The molecule has 0 spiro atoms. The predicted molar refractivity (Wildman–Crippen MR) is 77.4 cm³/mol. The number of rotatable bonds is 2. The van der Waals surface area contributed by atoms with Gasteiger partial charge in [0.2, 0.25) is 0 Å². The highest BCUT2D eigenvalue weighted by Crippen LogP contribution is 2.30. The van der Waals surface area contributed by atoms with Gasteiger partial charge in [-0.2, -0.15) is 0 Å². The number of fused-ring (bicyclic) bond motifs is 1. The van der Waals surface area contributed by atoms with Crippen LogP contribution in [0.5, 0.6) is 5.75 Å². The Morgan fingerprint density at radius 1 is 1.00 bits per heavy atom. The molecule has 1 atom stereocenters. The Morgan fingerprint density at radius 3 is 2.68 bits per heavy atom. The minimum absolute atomic E-state index is 0.222. The summed E-state index contributed by atoms with van der Waals surface area (Å²) in [6.07, 6.45) is 1.84. The van der Waals surface area contributed by atoms with Gasteiger partial charge in [-0.3, -0.25) is 4.98 Å². The average molecular weight is 249 g/mol. The van der Waals surface area contributed by atoms with Crippen LogP contribution in [0.4, 0.5) is 0 Å². The van der Waals surface area contributed by atoms with Crippen LogP contribution in [-0.2, 0) is 0 Å². The summed E-state index contributed by atoms with van der Waals surface area (Å²) in [7, 11) is 0. The molecule has 19 heavy (non-hydrogen) atoms. The first-order valence-electron chi connectivity index (χ1n) is 6.38. The maximum atomic E-state index is 9.61. The van der Waals surface area contributed by atoms with Crippen molar-refractivity contribution in [2.24, 2.45) is 0 Å². The highest BCUT2D eigenvalue weighted by molar-refractivity contribution is 5.82. The van der Waals surface area contributed by atoms with Gasteiger partial charge in [0.25, 0.3) is 0 Å². The fourth-order valence-electron chi connectivity index (χ4n) is 2.47. The second kappa shape index (κ2) is 4.73. The van der Waals surface area contributed by atoms with Crippen LogP contribution in [-0.4, -0.2) is 10.1 Å². The summed E-state index contributed by atoms with van der Waals surface area (Å²) in [6, 6.07) is 17.6. The van der Waals surface area contributed by atoms with E-state index >= 15 is 0 Å². The molecule has 0 fully saturated rings. The van der Waals surface area contributed by atoms with Crippen molar-refractivity contribution < 1.29 is 5.11 Å². The molecule has 0 radical (unpaired) electrons. The van der Waals surface area contributed by atoms with Crippen molar-refractivity contribution in [1.29, 1.82) is 0 Å². The van der Waals surface area contributed by atoms with E-state index in [4.69, 9.17) is 0 Å². The van der Waals surface area contributed by atoms with Crippen LogP contribution >= 0.6 is 0 Å². The second-order valence-electron chi connectivity index (χ2n) is 4.73. The summed E-state index contributed by atoms with van der Waals surface area (Å²) >= 11 is 0. The summed E-state index contributed by atoms with van der Waals surface area (Å²) in [5, 5.41) is 10.8. The van der Waals surface area contributed by atoms with Crippen LogP contribution in [0.25, 0.3) is 10.9 Å². The average Bonchev–Trinajstić information content (AvgIpc) is 2.46. The standard InChI is InChI=1S/C17H15NO/c1-12(13-5-4-6-14(19)11-13)15-9-10-18-17-8-3-2-7-16(15)17/h2-12,19H,1H3. The largest absolute Gasteiger partial charge is 0.508 e. The van der Waals surface area contributed by atoms with Crippen molar-refractivity contribution >= 4 is 10.9 Å². The Hall–Kier alpha value is -2.35. The van der Waals surface area contributed by atoms with Crippen LogP contribution in [0.3, 0.4) is 0 Å². The zero-order chi connectivity index (χ0) is 13.2. The van der Waals surface area contributed by atoms with Crippen LogP contribution in [0, 0.1) is 0 Å². The minimum Gasteiger partial charge on any atom is -0.508 e. The zero-order valence-corrected chi connectivity index (χ0v) is 10.7. The maximum Gasteiger partial charge on any atom is 0.115 e. The number of nitrogens with zero attached hydrogens (tertiary/aromatic N) is 1. The number of para-hydroxylation sites is 1. The predicted octanol–water partition coefficient (Wildman–Crippen LogP) is 4.09. The van der Waals surface area contributed by atoms with E-state index in [1.165, 1.54) is 10.9 Å². The van der Waals surface area contributed by atoms with E-state index in [0.29, 0.717) is 5.75 Å². The third-order valence-corrected chi connectivity index (χ3v) is 3.52. The van der Waals surface area contributed by atoms with E-state index in [2.05, 4.69) is 24.0 Å². The molecule has 2 aromatic carbocycles. The normalized spacial score (nSPS) is 12.5. The lowest BCUT2D eigenvalue weighted by Crippen LogP contribution is -1.97. The Morgan fingerprint density at radius 2 is 1.84 bits per heavy atom. The first-order chi connectivity index (χ1) is 9.25. The molecule has 1 heterocycles. The van der Waals surface area contributed by atoms with Gasteiger partial charge >= 0.3 is 0 Å². The van der Waals surface area contributed by atoms with Gasteiger partial charge in [-0.15, -0.1) is 0 Å². The quantitative estimate of drug-likeness (QED) is 0.742. The minimum atomic E-state index is 0.222. The Labute approximate surface area is 112 Å². The molecule has 1 N–H and O–H groups in total. The van der Waals surface area contributed by atoms with E-state index in [1.807, 2.05) is 42.6 Å². The molecule has 2 heteroatoms. The van der Waals surface area contributed by atoms with Crippen molar-refractivity contribution in [3.63, 3.8) is 0 Å². The molecule has 0 saturated carbocycles. The third-order valence-electron chi connectivity index (χ3n) is 3.52. The monoisotopic (exact) mass is 249 g/mol. The van der Waals surface area contributed by atoms with Gasteiger partial charge in [-0.25, -0.2) is 0 Å². The Bertz CT molecular complexity index is 716. The number of phenols is 1. The van der Waals surface area contributed by atoms with Crippen molar-refractivity contribution in [2.75, 3.05) is 0 Å². The van der Waals surface area contributed by atoms with Gasteiger partial charge in [0.1, 0.15) is 5.75 Å². The van der Waals surface area contributed by atoms with Crippen molar-refractivity contribution in [2.45, 2.75) is 12.8 Å². The summed E-state index contributed by atoms with van der Waals surface area (Å²) in [5.74, 6) is 0.530. The van der Waals surface area contributed by atoms with Gasteiger partial charge in [-0.05, 0) is 35.4 Å². The van der Waals surface area contributed by atoms with Crippen LogP contribution in [0.15, 0.2) is 60.8 Å². The SMILES string of the molecule is CC(c1cccc(O)c1)c1ccnc2ccccc12. The van der Waals surface area contributed by atoms with E-state index in [-0.39, 0.29) is 5.92 Å². The Balaban J connectivity index is 2.14. The summed E-state index contributed by atoms with van der Waals surface area (Å²) in [5.41, 5.74) is 3.35. The summed E-state index contributed by atoms with van der Waals surface area (Å²) < 4.78 is 0. The molecule has 3 rings (SSSR count). The maximum absolute atomic E-state index is 9.61. The van der Waals surface area contributed by atoms with Gasteiger partial charge in [-0.1, -0.05) is 37.3 Å². The molecule has 0 amide bonds. The molecule has 0 aliphatic carbocycles. The lowest BCUT2D eigenvalue weighted by molar-refractivity contribution is 0.474. The number of phenolic OH excluding ortho intramolecular Hbond substituents is 1. The van der Waals surface area contributed by atoms with Gasteiger partial charge in [0.05, 0.1) is 5.52 Å². The number of aromatic hydroxyl groups is 1. The van der Waals surface area contributed by atoms with Gasteiger partial charge < -0.3 is 5.11 Å². The van der Waals surface area contributed by atoms with Crippen molar-refractivity contribution in [1.82, 2.24) is 4.98 Å². The number of hydrogen-bond acceptors (Lipinski definition) is 2. The smallest absolute Gasteiger partial charge is 0.115 e. The summed E-state index contributed by atoms with van der Waals surface area (Å²) in [6.45, 7) is 2.15. The number of benzene rings is 2. The fraction of sp³-hybridized carbons (Fsp3) is 0.118. The Kier molecular flexibility index (Phi) is 2.92. The van der Waals surface area contributed by atoms with Crippen molar-refractivity contribution in [3.05, 3.63) is 71.9 Å². The number of pyridine rings is 1. The first kappa shape index (κ1) is 11.7. The summed E-state index contributed by atoms with van der Waals surface area (Å²) in [4.78, 5) is 4.39. The zero-order valence-electron chi connectivity index (χ0n) is 10.7. The molecular weight excluding hydrogens is 234 g/mol. The highest BCUT2D eigenvalue weighted by Gasteiger charge is 2.12. The van der Waals surface area contributed by atoms with Crippen LogP contribution in [0.1, 0.15) is 24.0 Å². The lowest BCUT2D eigenvalue weighted by Gasteiger charge is -2.15. The molecule has 0 aliphatic rings. The van der Waals surface area contributed by atoms with Gasteiger partial charge in [0, 0.05) is 17.5 Å². The third kappa shape index (κ3) is 2.17.